The summed E-state index contributed by atoms with van der Waals surface area (Å²) in [6.07, 6.45) is 0.565. The molecule has 1 aliphatic rings. The van der Waals surface area contributed by atoms with E-state index in [2.05, 4.69) is 17.6 Å². The van der Waals surface area contributed by atoms with E-state index >= 15 is 0 Å². The predicted octanol–water partition coefficient (Wildman–Crippen LogP) is -0.130. The van der Waals surface area contributed by atoms with Gasteiger partial charge in [-0.25, -0.2) is 0 Å². The highest BCUT2D eigenvalue weighted by Crippen LogP contribution is 2.19. The Hall–Kier alpha value is -0.610. The maximum atomic E-state index is 10.9. The zero-order chi connectivity index (χ0) is 10.7. The molecule has 0 aromatic carbocycles. The average Bonchev–Trinajstić information content (AvgIpc) is 2.13. The van der Waals surface area contributed by atoms with Crippen LogP contribution in [0.4, 0.5) is 0 Å². The van der Waals surface area contributed by atoms with Crippen LogP contribution in [0.3, 0.4) is 0 Å². The van der Waals surface area contributed by atoms with Crippen LogP contribution in [0.25, 0.3) is 0 Å². The van der Waals surface area contributed by atoms with Crippen LogP contribution in [0.15, 0.2) is 0 Å². The normalized spacial score (nSPS) is 38.0. The maximum absolute atomic E-state index is 10.9. The Morgan fingerprint density at radius 1 is 1.64 bits per heavy atom. The number of rotatable bonds is 2. The molecular weight excluding hydrogens is 180 g/mol. The number of carbonyl (C=O) groups is 1. The third kappa shape index (κ3) is 2.45. The topological polar surface area (TPSA) is 61.4 Å². The van der Waals surface area contributed by atoms with Crippen LogP contribution in [-0.4, -0.2) is 35.7 Å². The van der Waals surface area contributed by atoms with Crippen LogP contribution in [0.2, 0.25) is 0 Å². The number of piperidine rings is 1. The van der Waals surface area contributed by atoms with Gasteiger partial charge in [-0.3, -0.25) is 4.79 Å². The summed E-state index contributed by atoms with van der Waals surface area (Å²) in [5.74, 6) is 0.101. The zero-order valence-electron chi connectivity index (χ0n) is 9.08. The summed E-state index contributed by atoms with van der Waals surface area (Å²) in [7, 11) is 0. The monoisotopic (exact) mass is 200 g/mol. The van der Waals surface area contributed by atoms with Crippen molar-refractivity contribution in [2.24, 2.45) is 5.92 Å². The molecule has 0 aromatic rings. The van der Waals surface area contributed by atoms with E-state index in [1.807, 2.05) is 6.92 Å². The lowest BCUT2D eigenvalue weighted by Crippen LogP contribution is -2.60. The molecule has 4 nitrogen and oxygen atoms in total. The molecule has 4 unspecified atom stereocenters. The highest BCUT2D eigenvalue weighted by Gasteiger charge is 2.34. The van der Waals surface area contributed by atoms with Crippen molar-refractivity contribution in [1.29, 1.82) is 0 Å². The van der Waals surface area contributed by atoms with Gasteiger partial charge >= 0.3 is 0 Å². The Bertz CT molecular complexity index is 208. The van der Waals surface area contributed by atoms with Crippen molar-refractivity contribution in [3.8, 4) is 0 Å². The number of carbonyl (C=O) groups excluding carboxylic acids is 1. The zero-order valence-corrected chi connectivity index (χ0v) is 9.08. The molecule has 0 saturated carbocycles. The fourth-order valence-electron chi connectivity index (χ4n) is 2.10. The molecule has 0 spiro atoms. The molecule has 0 aromatic heterocycles. The second kappa shape index (κ2) is 4.75. The van der Waals surface area contributed by atoms with E-state index in [-0.39, 0.29) is 17.9 Å². The van der Waals surface area contributed by atoms with E-state index in [4.69, 9.17) is 0 Å². The lowest BCUT2D eigenvalue weighted by atomic mass is 9.85. The highest BCUT2D eigenvalue weighted by atomic mass is 16.3. The third-order valence-electron chi connectivity index (χ3n) is 3.01. The number of hydrogen-bond donors (Lipinski definition) is 3. The van der Waals surface area contributed by atoms with Crippen molar-refractivity contribution in [1.82, 2.24) is 10.6 Å². The van der Waals surface area contributed by atoms with Gasteiger partial charge in [-0.05, 0) is 12.3 Å². The van der Waals surface area contributed by atoms with Crippen LogP contribution in [0, 0.1) is 5.92 Å². The molecule has 1 rings (SSSR count). The van der Waals surface area contributed by atoms with E-state index in [1.54, 1.807) is 0 Å². The number of aliphatic hydroxyl groups excluding tert-OH is 1. The fraction of sp³-hybridized carbons (Fsp3) is 0.900. The van der Waals surface area contributed by atoms with Crippen LogP contribution >= 0.6 is 0 Å². The van der Waals surface area contributed by atoms with E-state index in [1.165, 1.54) is 6.92 Å². The molecular formula is C10H20N2O2. The Balaban J connectivity index is 2.54. The van der Waals surface area contributed by atoms with E-state index in [9.17, 15) is 9.90 Å². The lowest BCUT2D eigenvalue weighted by molar-refractivity contribution is -0.121. The van der Waals surface area contributed by atoms with E-state index in [0.717, 1.165) is 6.42 Å². The average molecular weight is 200 g/mol. The Morgan fingerprint density at radius 3 is 2.79 bits per heavy atom. The third-order valence-corrected chi connectivity index (χ3v) is 3.01. The minimum absolute atomic E-state index is 0.0852. The molecule has 1 amide bonds. The standard InChI is InChI=1S/C10H20N2O2/c1-4-8-6(2)10(14)9(5-11-8)12-7(3)13/h6,8-11,14H,4-5H2,1-3H3,(H,12,13). The van der Waals surface area contributed by atoms with Gasteiger partial charge < -0.3 is 15.7 Å². The van der Waals surface area contributed by atoms with Crippen molar-refractivity contribution < 1.29 is 9.90 Å². The maximum Gasteiger partial charge on any atom is 0.217 e. The summed E-state index contributed by atoms with van der Waals surface area (Å²) in [4.78, 5) is 10.9. The predicted molar refractivity (Wildman–Crippen MR) is 54.9 cm³/mol. The molecule has 1 aliphatic heterocycles. The Labute approximate surface area is 85.1 Å². The quantitative estimate of drug-likeness (QED) is 0.582. The molecule has 14 heavy (non-hydrogen) atoms. The summed E-state index contributed by atoms with van der Waals surface area (Å²) >= 11 is 0. The second-order valence-electron chi connectivity index (χ2n) is 4.08. The first kappa shape index (κ1) is 11.5. The van der Waals surface area contributed by atoms with Gasteiger partial charge in [-0.1, -0.05) is 13.8 Å². The summed E-state index contributed by atoms with van der Waals surface area (Å²) < 4.78 is 0. The van der Waals surface area contributed by atoms with Crippen molar-refractivity contribution in [3.05, 3.63) is 0 Å². The largest absolute Gasteiger partial charge is 0.391 e. The van der Waals surface area contributed by atoms with E-state index < -0.39 is 6.10 Å². The van der Waals surface area contributed by atoms with Crippen molar-refractivity contribution >= 4 is 5.91 Å². The minimum atomic E-state index is -0.440. The summed E-state index contributed by atoms with van der Waals surface area (Å²) in [6.45, 7) is 6.24. The van der Waals surface area contributed by atoms with Gasteiger partial charge in [-0.15, -0.1) is 0 Å². The Kier molecular flexibility index (Phi) is 3.89. The summed E-state index contributed by atoms with van der Waals surface area (Å²) in [5, 5.41) is 16.0. The van der Waals surface area contributed by atoms with Crippen LogP contribution in [-0.2, 0) is 4.79 Å². The molecule has 4 heteroatoms. The minimum Gasteiger partial charge on any atom is -0.391 e. The molecule has 82 valence electrons. The molecule has 3 N–H and O–H groups in total. The van der Waals surface area contributed by atoms with E-state index in [0.29, 0.717) is 12.6 Å². The van der Waals surface area contributed by atoms with Gasteiger partial charge in [0.05, 0.1) is 12.1 Å². The van der Waals surface area contributed by atoms with Crippen LogP contribution in [0.1, 0.15) is 27.2 Å². The molecule has 0 bridgehead atoms. The SMILES string of the molecule is CCC1NCC(NC(C)=O)C(O)C1C. The van der Waals surface area contributed by atoms with Crippen LogP contribution < -0.4 is 10.6 Å². The molecule has 0 aliphatic carbocycles. The first-order valence-electron chi connectivity index (χ1n) is 5.24. The van der Waals surface area contributed by atoms with Crippen LogP contribution in [0.5, 0.6) is 0 Å². The van der Waals surface area contributed by atoms with Gasteiger partial charge in [-0.2, -0.15) is 0 Å². The smallest absolute Gasteiger partial charge is 0.217 e. The van der Waals surface area contributed by atoms with Crippen molar-refractivity contribution in [2.75, 3.05) is 6.54 Å². The highest BCUT2D eigenvalue weighted by molar-refractivity contribution is 5.73. The molecule has 1 fully saturated rings. The number of amides is 1. The molecule has 0 radical (unpaired) electrons. The molecule has 1 heterocycles. The van der Waals surface area contributed by atoms with Gasteiger partial charge in [0.1, 0.15) is 0 Å². The van der Waals surface area contributed by atoms with Gasteiger partial charge in [0.15, 0.2) is 0 Å². The molecule has 4 atom stereocenters. The number of aliphatic hydroxyl groups is 1. The van der Waals surface area contributed by atoms with Gasteiger partial charge in [0.25, 0.3) is 0 Å². The first-order chi connectivity index (χ1) is 6.56. The summed E-state index contributed by atoms with van der Waals surface area (Å²) in [6, 6.07) is 0.209. The van der Waals surface area contributed by atoms with Crippen molar-refractivity contribution in [2.45, 2.75) is 45.4 Å². The fourth-order valence-corrected chi connectivity index (χ4v) is 2.10. The number of nitrogens with one attached hydrogen (secondary N) is 2. The Morgan fingerprint density at radius 2 is 2.29 bits per heavy atom. The van der Waals surface area contributed by atoms with Gasteiger partial charge in [0, 0.05) is 19.5 Å². The van der Waals surface area contributed by atoms with Crippen molar-refractivity contribution in [3.63, 3.8) is 0 Å². The van der Waals surface area contributed by atoms with Gasteiger partial charge in [0.2, 0.25) is 5.91 Å². The lowest BCUT2D eigenvalue weighted by Gasteiger charge is -2.39. The summed E-state index contributed by atoms with van der Waals surface area (Å²) in [5.41, 5.74) is 0. The first-order valence-corrected chi connectivity index (χ1v) is 5.24. The molecule has 1 saturated heterocycles. The second-order valence-corrected chi connectivity index (χ2v) is 4.08. The number of hydrogen-bond acceptors (Lipinski definition) is 3.